The van der Waals surface area contributed by atoms with Crippen molar-refractivity contribution in [3.63, 3.8) is 0 Å². The summed E-state index contributed by atoms with van der Waals surface area (Å²) in [5, 5.41) is 12.5. The lowest BCUT2D eigenvalue weighted by molar-refractivity contribution is 0.0477. The third kappa shape index (κ3) is 5.75. The van der Waals surface area contributed by atoms with E-state index in [2.05, 4.69) is 10.2 Å². The number of phenolic OH excluding ortho intramolecular Hbond substituents is 1. The summed E-state index contributed by atoms with van der Waals surface area (Å²) in [6.07, 6.45) is 1.53. The highest BCUT2D eigenvalue weighted by atomic mass is 16.6. The fourth-order valence-electron chi connectivity index (χ4n) is 2.78. The predicted octanol–water partition coefficient (Wildman–Crippen LogP) is 3.19. The molecule has 1 heterocycles. The Hall–Kier alpha value is -1.75. The Morgan fingerprint density at radius 3 is 2.57 bits per heavy atom. The first-order valence-corrected chi connectivity index (χ1v) is 8.23. The zero-order chi connectivity index (χ0) is 17.0. The molecule has 2 N–H and O–H groups in total. The predicted molar refractivity (Wildman–Crippen MR) is 90.5 cm³/mol. The van der Waals surface area contributed by atoms with Crippen LogP contribution in [-0.2, 0) is 11.3 Å². The first-order chi connectivity index (χ1) is 10.7. The fourth-order valence-corrected chi connectivity index (χ4v) is 2.78. The molecule has 1 aliphatic heterocycles. The van der Waals surface area contributed by atoms with Gasteiger partial charge in [-0.05, 0) is 57.7 Å². The third-order valence-corrected chi connectivity index (χ3v) is 3.98. The van der Waals surface area contributed by atoms with E-state index in [0.717, 1.165) is 38.0 Å². The minimum Gasteiger partial charge on any atom is -0.508 e. The molecule has 0 unspecified atom stereocenters. The highest BCUT2D eigenvalue weighted by Gasteiger charge is 2.23. The molecule has 1 aliphatic rings. The maximum absolute atomic E-state index is 11.8. The number of ether oxygens (including phenoxy) is 1. The summed E-state index contributed by atoms with van der Waals surface area (Å²) in [5.41, 5.74) is 1.66. The quantitative estimate of drug-likeness (QED) is 0.898. The summed E-state index contributed by atoms with van der Waals surface area (Å²) in [7, 11) is 0. The molecule has 0 radical (unpaired) electrons. The minimum absolute atomic E-state index is 0.183. The lowest BCUT2D eigenvalue weighted by Crippen LogP contribution is -2.45. The molecule has 1 fully saturated rings. The van der Waals surface area contributed by atoms with E-state index in [9.17, 15) is 9.90 Å². The minimum atomic E-state index is -0.457. The van der Waals surface area contributed by atoms with E-state index < -0.39 is 5.60 Å². The highest BCUT2D eigenvalue weighted by molar-refractivity contribution is 5.68. The van der Waals surface area contributed by atoms with E-state index >= 15 is 0 Å². The smallest absolute Gasteiger partial charge is 0.407 e. The summed E-state index contributed by atoms with van der Waals surface area (Å²) in [6, 6.07) is 5.93. The van der Waals surface area contributed by atoms with E-state index in [1.807, 2.05) is 39.8 Å². The second-order valence-corrected chi connectivity index (χ2v) is 7.32. The number of carbonyl (C=O) groups is 1. The molecule has 1 saturated heterocycles. The monoisotopic (exact) mass is 320 g/mol. The van der Waals surface area contributed by atoms with Gasteiger partial charge in [0.15, 0.2) is 0 Å². The topological polar surface area (TPSA) is 61.8 Å². The van der Waals surface area contributed by atoms with Crippen molar-refractivity contribution in [2.75, 3.05) is 13.1 Å². The second kappa shape index (κ2) is 7.21. The Balaban J connectivity index is 1.77. The van der Waals surface area contributed by atoms with Gasteiger partial charge in [0.2, 0.25) is 0 Å². The van der Waals surface area contributed by atoms with Crippen LogP contribution in [0.15, 0.2) is 18.2 Å². The maximum Gasteiger partial charge on any atom is 0.407 e. The number of hydrogen-bond donors (Lipinski definition) is 2. The van der Waals surface area contributed by atoms with Crippen LogP contribution in [0.5, 0.6) is 5.75 Å². The zero-order valence-electron chi connectivity index (χ0n) is 14.6. The molecule has 23 heavy (non-hydrogen) atoms. The maximum atomic E-state index is 11.8. The average Bonchev–Trinajstić information content (AvgIpc) is 2.43. The van der Waals surface area contributed by atoms with E-state index in [1.54, 1.807) is 6.07 Å². The van der Waals surface area contributed by atoms with Crippen LogP contribution in [0.4, 0.5) is 4.79 Å². The van der Waals surface area contributed by atoms with Crippen LogP contribution in [0.3, 0.4) is 0 Å². The van der Waals surface area contributed by atoms with Gasteiger partial charge in [-0.15, -0.1) is 0 Å². The zero-order valence-corrected chi connectivity index (χ0v) is 14.6. The van der Waals surface area contributed by atoms with Gasteiger partial charge < -0.3 is 15.2 Å². The molecular weight excluding hydrogens is 292 g/mol. The largest absolute Gasteiger partial charge is 0.508 e. The number of benzene rings is 1. The van der Waals surface area contributed by atoms with Crippen molar-refractivity contribution in [1.29, 1.82) is 0 Å². The van der Waals surface area contributed by atoms with Gasteiger partial charge in [-0.1, -0.05) is 12.1 Å². The molecular formula is C18H28N2O3. The van der Waals surface area contributed by atoms with E-state index in [4.69, 9.17) is 4.74 Å². The number of piperidine rings is 1. The van der Waals surface area contributed by atoms with Crippen molar-refractivity contribution in [1.82, 2.24) is 10.2 Å². The van der Waals surface area contributed by atoms with Gasteiger partial charge >= 0.3 is 6.09 Å². The molecule has 0 bridgehead atoms. The lowest BCUT2D eigenvalue weighted by Gasteiger charge is -2.32. The van der Waals surface area contributed by atoms with Crippen molar-refractivity contribution >= 4 is 6.09 Å². The highest BCUT2D eigenvalue weighted by Crippen LogP contribution is 2.20. The lowest BCUT2D eigenvalue weighted by atomic mass is 10.0. The number of hydrogen-bond acceptors (Lipinski definition) is 4. The van der Waals surface area contributed by atoms with E-state index in [1.165, 1.54) is 5.56 Å². The average molecular weight is 320 g/mol. The van der Waals surface area contributed by atoms with E-state index in [-0.39, 0.29) is 12.1 Å². The number of nitrogens with one attached hydrogen (secondary N) is 1. The van der Waals surface area contributed by atoms with Crippen LogP contribution in [0.25, 0.3) is 0 Å². The SMILES string of the molecule is Cc1cc(CN2CCC(NC(=O)OC(C)(C)C)CC2)ccc1O. The van der Waals surface area contributed by atoms with Crippen molar-refractivity contribution < 1.29 is 14.6 Å². The van der Waals surface area contributed by atoms with Crippen LogP contribution in [0.2, 0.25) is 0 Å². The van der Waals surface area contributed by atoms with Crippen LogP contribution >= 0.6 is 0 Å². The fraction of sp³-hybridized carbons (Fsp3) is 0.611. The number of phenols is 1. The standard InChI is InChI=1S/C18H28N2O3/c1-13-11-14(5-6-16(13)21)12-20-9-7-15(8-10-20)19-17(22)23-18(2,3)4/h5-6,11,15,21H,7-10,12H2,1-4H3,(H,19,22). The number of likely N-dealkylation sites (tertiary alicyclic amines) is 1. The molecule has 1 aromatic rings. The Morgan fingerprint density at radius 2 is 2.00 bits per heavy atom. The van der Waals surface area contributed by atoms with Crippen molar-refractivity contribution in [3.05, 3.63) is 29.3 Å². The molecule has 1 amide bonds. The molecule has 0 atom stereocenters. The van der Waals surface area contributed by atoms with Crippen LogP contribution in [-0.4, -0.2) is 40.8 Å². The molecule has 0 aliphatic carbocycles. The van der Waals surface area contributed by atoms with E-state index in [0.29, 0.717) is 5.75 Å². The Bertz CT molecular complexity index is 544. The summed E-state index contributed by atoms with van der Waals surface area (Å²) in [5.74, 6) is 0.342. The molecule has 5 heteroatoms. The number of aryl methyl sites for hydroxylation is 1. The van der Waals surface area contributed by atoms with Gasteiger partial charge in [0.25, 0.3) is 0 Å². The van der Waals surface area contributed by atoms with Gasteiger partial charge in [0.05, 0.1) is 0 Å². The number of amides is 1. The number of nitrogens with zero attached hydrogens (tertiary/aromatic N) is 1. The van der Waals surface area contributed by atoms with Crippen molar-refractivity contribution in [3.8, 4) is 5.75 Å². The van der Waals surface area contributed by atoms with Crippen molar-refractivity contribution in [2.45, 2.75) is 58.7 Å². The Kier molecular flexibility index (Phi) is 5.52. The first kappa shape index (κ1) is 17.6. The summed E-state index contributed by atoms with van der Waals surface area (Å²) in [4.78, 5) is 14.2. The van der Waals surface area contributed by atoms with Crippen LogP contribution < -0.4 is 5.32 Å². The molecule has 1 aromatic carbocycles. The summed E-state index contributed by atoms with van der Waals surface area (Å²) < 4.78 is 5.30. The Labute approximate surface area is 138 Å². The summed E-state index contributed by atoms with van der Waals surface area (Å²) >= 11 is 0. The third-order valence-electron chi connectivity index (χ3n) is 3.98. The van der Waals surface area contributed by atoms with Gasteiger partial charge in [-0.25, -0.2) is 4.79 Å². The molecule has 2 rings (SSSR count). The number of alkyl carbamates (subject to hydrolysis) is 1. The van der Waals surface area contributed by atoms with Gasteiger partial charge in [0.1, 0.15) is 11.4 Å². The first-order valence-electron chi connectivity index (χ1n) is 8.23. The molecule has 5 nitrogen and oxygen atoms in total. The Morgan fingerprint density at radius 1 is 1.35 bits per heavy atom. The number of carbonyl (C=O) groups excluding carboxylic acids is 1. The molecule has 0 aromatic heterocycles. The number of aromatic hydroxyl groups is 1. The van der Waals surface area contributed by atoms with Crippen LogP contribution in [0, 0.1) is 6.92 Å². The second-order valence-electron chi connectivity index (χ2n) is 7.32. The summed E-state index contributed by atoms with van der Waals surface area (Å²) in [6.45, 7) is 10.3. The normalized spacial score (nSPS) is 17.0. The van der Waals surface area contributed by atoms with Crippen LogP contribution in [0.1, 0.15) is 44.7 Å². The molecule has 0 spiro atoms. The number of rotatable bonds is 3. The van der Waals surface area contributed by atoms with Crippen molar-refractivity contribution in [2.24, 2.45) is 0 Å². The molecule has 0 saturated carbocycles. The van der Waals surface area contributed by atoms with Gasteiger partial charge in [-0.2, -0.15) is 0 Å². The van der Waals surface area contributed by atoms with Gasteiger partial charge in [-0.3, -0.25) is 4.90 Å². The molecule has 128 valence electrons. The van der Waals surface area contributed by atoms with Gasteiger partial charge in [0, 0.05) is 25.7 Å².